The van der Waals surface area contributed by atoms with Gasteiger partial charge in [-0.25, -0.2) is 8.42 Å². The molecule has 0 spiro atoms. The molecule has 1 aromatic carbocycles. The monoisotopic (exact) mass is 321 g/mol. The molecule has 7 nitrogen and oxygen atoms in total. The highest BCUT2D eigenvalue weighted by molar-refractivity contribution is 8.13. The molecular weight excluding hydrogens is 310 g/mol. The summed E-state index contributed by atoms with van der Waals surface area (Å²) in [6.45, 7) is 5.12. The standard InChI is InChI=1S/C11H12ClNO6S/c1-4-7(2)19-9-5-8(13(14)15)6-10(11(9)18-3)20(12,16)17/h4-7H,1H2,2-3H3. The summed E-state index contributed by atoms with van der Waals surface area (Å²) in [6, 6.07) is 1.87. The zero-order valence-electron chi connectivity index (χ0n) is 10.7. The number of halogens is 1. The Kier molecular flexibility index (Phi) is 4.96. The summed E-state index contributed by atoms with van der Waals surface area (Å²) in [5.74, 6) is -0.298. The first-order valence-electron chi connectivity index (χ1n) is 5.31. The summed E-state index contributed by atoms with van der Waals surface area (Å²) >= 11 is 0. The van der Waals surface area contributed by atoms with Crippen molar-refractivity contribution in [1.29, 1.82) is 0 Å². The molecule has 1 atom stereocenters. The second kappa shape index (κ2) is 6.10. The lowest BCUT2D eigenvalue weighted by Crippen LogP contribution is -2.10. The molecule has 0 aliphatic rings. The van der Waals surface area contributed by atoms with Crippen LogP contribution in [-0.2, 0) is 9.05 Å². The Morgan fingerprint density at radius 1 is 1.50 bits per heavy atom. The Hall–Kier alpha value is -1.80. The first-order chi connectivity index (χ1) is 9.20. The van der Waals surface area contributed by atoms with Gasteiger partial charge >= 0.3 is 0 Å². The van der Waals surface area contributed by atoms with Gasteiger partial charge < -0.3 is 9.47 Å². The van der Waals surface area contributed by atoms with Crippen LogP contribution >= 0.6 is 10.7 Å². The number of rotatable bonds is 6. The van der Waals surface area contributed by atoms with Crippen molar-refractivity contribution in [3.05, 3.63) is 34.9 Å². The molecule has 110 valence electrons. The van der Waals surface area contributed by atoms with Gasteiger partial charge in [0.15, 0.2) is 11.5 Å². The normalized spacial score (nSPS) is 12.6. The van der Waals surface area contributed by atoms with E-state index in [0.717, 1.165) is 12.1 Å². The molecule has 20 heavy (non-hydrogen) atoms. The summed E-state index contributed by atoms with van der Waals surface area (Å²) in [5, 5.41) is 10.8. The van der Waals surface area contributed by atoms with Gasteiger partial charge in [-0.05, 0) is 6.92 Å². The number of hydrogen-bond acceptors (Lipinski definition) is 6. The number of hydrogen-bond donors (Lipinski definition) is 0. The van der Waals surface area contributed by atoms with Gasteiger partial charge in [-0.1, -0.05) is 12.7 Å². The van der Waals surface area contributed by atoms with Gasteiger partial charge in [0.1, 0.15) is 11.0 Å². The van der Waals surface area contributed by atoms with Crippen molar-refractivity contribution in [3.63, 3.8) is 0 Å². The summed E-state index contributed by atoms with van der Waals surface area (Å²) in [4.78, 5) is 9.56. The molecule has 9 heteroatoms. The SMILES string of the molecule is C=CC(C)Oc1cc([N+](=O)[O-])cc(S(=O)(=O)Cl)c1OC. The highest BCUT2D eigenvalue weighted by atomic mass is 35.7. The molecule has 0 bridgehead atoms. The van der Waals surface area contributed by atoms with Crippen LogP contribution in [0.15, 0.2) is 29.7 Å². The number of nitro benzene ring substituents is 1. The van der Waals surface area contributed by atoms with Crippen LogP contribution in [-0.4, -0.2) is 26.6 Å². The predicted octanol–water partition coefficient (Wildman–Crippen LogP) is 2.48. The van der Waals surface area contributed by atoms with Crippen LogP contribution in [0.5, 0.6) is 11.5 Å². The molecule has 0 radical (unpaired) electrons. The first kappa shape index (κ1) is 16.3. The zero-order chi connectivity index (χ0) is 15.5. The zero-order valence-corrected chi connectivity index (χ0v) is 12.3. The Balaban J connectivity index is 3.59. The maximum absolute atomic E-state index is 11.5. The van der Waals surface area contributed by atoms with E-state index in [4.69, 9.17) is 20.2 Å². The Labute approximate surface area is 120 Å². The Morgan fingerprint density at radius 3 is 2.50 bits per heavy atom. The van der Waals surface area contributed by atoms with Crippen molar-refractivity contribution < 1.29 is 22.8 Å². The van der Waals surface area contributed by atoms with E-state index in [-0.39, 0.29) is 11.5 Å². The lowest BCUT2D eigenvalue weighted by atomic mass is 10.2. The van der Waals surface area contributed by atoms with Crippen molar-refractivity contribution in [1.82, 2.24) is 0 Å². The molecule has 1 unspecified atom stereocenters. The summed E-state index contributed by atoms with van der Waals surface area (Å²) in [6.07, 6.45) is 0.935. The fourth-order valence-electron chi connectivity index (χ4n) is 1.39. The van der Waals surface area contributed by atoms with Crippen LogP contribution in [0.1, 0.15) is 6.92 Å². The molecule has 0 aromatic heterocycles. The molecule has 1 rings (SSSR count). The molecule has 0 saturated carbocycles. The smallest absolute Gasteiger partial charge is 0.274 e. The van der Waals surface area contributed by atoms with Crippen molar-refractivity contribution in [2.45, 2.75) is 17.9 Å². The molecule has 0 fully saturated rings. The number of nitrogens with zero attached hydrogens (tertiary/aromatic N) is 1. The number of methoxy groups -OCH3 is 1. The minimum Gasteiger partial charge on any atom is -0.492 e. The number of ether oxygens (including phenoxy) is 2. The number of benzene rings is 1. The van der Waals surface area contributed by atoms with Gasteiger partial charge in [0.25, 0.3) is 14.7 Å². The van der Waals surface area contributed by atoms with Gasteiger partial charge in [0, 0.05) is 16.7 Å². The largest absolute Gasteiger partial charge is 0.492 e. The number of non-ortho nitro benzene ring substituents is 1. The minimum absolute atomic E-state index is 0.103. The maximum atomic E-state index is 11.5. The summed E-state index contributed by atoms with van der Waals surface area (Å²) in [5.41, 5.74) is -0.476. The molecule has 0 heterocycles. The van der Waals surface area contributed by atoms with Crippen molar-refractivity contribution >= 4 is 25.4 Å². The van der Waals surface area contributed by atoms with E-state index in [2.05, 4.69) is 6.58 Å². The second-order valence-electron chi connectivity index (χ2n) is 3.73. The van der Waals surface area contributed by atoms with Gasteiger partial charge in [-0.3, -0.25) is 10.1 Å². The van der Waals surface area contributed by atoms with E-state index in [1.807, 2.05) is 0 Å². The van der Waals surface area contributed by atoms with Crippen LogP contribution in [0.3, 0.4) is 0 Å². The molecule has 0 N–H and O–H groups in total. The lowest BCUT2D eigenvalue weighted by molar-refractivity contribution is -0.385. The maximum Gasteiger partial charge on any atom is 0.274 e. The van der Waals surface area contributed by atoms with Crippen molar-refractivity contribution in [3.8, 4) is 11.5 Å². The predicted molar refractivity (Wildman–Crippen MR) is 73.0 cm³/mol. The minimum atomic E-state index is -4.23. The highest BCUT2D eigenvalue weighted by Crippen LogP contribution is 2.40. The molecule has 1 aromatic rings. The third-order valence-corrected chi connectivity index (χ3v) is 3.66. The average molecular weight is 322 g/mol. The van der Waals surface area contributed by atoms with E-state index in [1.54, 1.807) is 6.92 Å². The molecule has 0 aliphatic carbocycles. The number of nitro groups is 1. The van der Waals surface area contributed by atoms with Gasteiger partial charge in [-0.15, -0.1) is 0 Å². The third kappa shape index (κ3) is 3.61. The van der Waals surface area contributed by atoms with E-state index >= 15 is 0 Å². The third-order valence-electron chi connectivity index (χ3n) is 2.33. The van der Waals surface area contributed by atoms with E-state index < -0.39 is 30.7 Å². The van der Waals surface area contributed by atoms with Gasteiger partial charge in [0.05, 0.1) is 18.1 Å². The van der Waals surface area contributed by atoms with Crippen LogP contribution in [0.4, 0.5) is 5.69 Å². The highest BCUT2D eigenvalue weighted by Gasteiger charge is 2.26. The van der Waals surface area contributed by atoms with E-state index in [0.29, 0.717) is 0 Å². The fourth-order valence-corrected chi connectivity index (χ4v) is 2.40. The molecule has 0 amide bonds. The van der Waals surface area contributed by atoms with Crippen molar-refractivity contribution in [2.24, 2.45) is 0 Å². The van der Waals surface area contributed by atoms with Gasteiger partial charge in [0.2, 0.25) is 0 Å². The van der Waals surface area contributed by atoms with Crippen molar-refractivity contribution in [2.75, 3.05) is 7.11 Å². The van der Waals surface area contributed by atoms with E-state index in [9.17, 15) is 18.5 Å². The molecular formula is C11H12ClNO6S. The fraction of sp³-hybridized carbons (Fsp3) is 0.273. The van der Waals surface area contributed by atoms with E-state index in [1.165, 1.54) is 13.2 Å². The summed E-state index contributed by atoms with van der Waals surface area (Å²) < 4.78 is 33.2. The van der Waals surface area contributed by atoms with Crippen LogP contribution in [0, 0.1) is 10.1 Å². The quantitative estimate of drug-likeness (QED) is 0.345. The Morgan fingerprint density at radius 2 is 2.10 bits per heavy atom. The topological polar surface area (TPSA) is 95.7 Å². The van der Waals surface area contributed by atoms with Crippen LogP contribution < -0.4 is 9.47 Å². The van der Waals surface area contributed by atoms with Crippen LogP contribution in [0.2, 0.25) is 0 Å². The first-order valence-corrected chi connectivity index (χ1v) is 7.62. The molecule has 0 aliphatic heterocycles. The summed E-state index contributed by atoms with van der Waals surface area (Å²) in [7, 11) is 2.23. The average Bonchev–Trinajstić information content (AvgIpc) is 2.36. The Bertz CT molecular complexity index is 643. The van der Waals surface area contributed by atoms with Crippen LogP contribution in [0.25, 0.3) is 0 Å². The lowest BCUT2D eigenvalue weighted by Gasteiger charge is -2.15. The second-order valence-corrected chi connectivity index (χ2v) is 6.26. The van der Waals surface area contributed by atoms with Gasteiger partial charge in [-0.2, -0.15) is 0 Å². The molecule has 0 saturated heterocycles.